The van der Waals surface area contributed by atoms with Gasteiger partial charge in [-0.15, -0.1) is 0 Å². The predicted molar refractivity (Wildman–Crippen MR) is 64.5 cm³/mol. The highest BCUT2D eigenvalue weighted by molar-refractivity contribution is 7.22. The molecule has 1 atom stereocenters. The van der Waals surface area contributed by atoms with Crippen LogP contribution in [0, 0.1) is 11.6 Å². The number of anilines is 1. The second-order valence-corrected chi connectivity index (χ2v) is 5.21. The maximum Gasteiger partial charge on any atom is 0.230 e. The van der Waals surface area contributed by atoms with Gasteiger partial charge in [0.25, 0.3) is 0 Å². The van der Waals surface area contributed by atoms with Gasteiger partial charge in [-0.2, -0.15) is 0 Å². The van der Waals surface area contributed by atoms with Crippen molar-refractivity contribution in [1.29, 1.82) is 0 Å². The van der Waals surface area contributed by atoms with E-state index in [9.17, 15) is 13.6 Å². The van der Waals surface area contributed by atoms with Crippen molar-refractivity contribution in [3.05, 3.63) is 23.8 Å². The molecule has 3 rings (SSSR count). The van der Waals surface area contributed by atoms with Crippen molar-refractivity contribution in [3.8, 4) is 0 Å². The van der Waals surface area contributed by atoms with Crippen molar-refractivity contribution in [2.24, 2.45) is 5.73 Å². The second-order valence-electron chi connectivity index (χ2n) is 4.20. The zero-order chi connectivity index (χ0) is 12.9. The van der Waals surface area contributed by atoms with Gasteiger partial charge < -0.3 is 5.73 Å². The molecular formula is C11H9F2N3OS. The number of nitrogens with two attached hydrogens (primary N) is 1. The van der Waals surface area contributed by atoms with Gasteiger partial charge >= 0.3 is 0 Å². The molecule has 0 radical (unpaired) electrons. The molecule has 2 N–H and O–H groups in total. The summed E-state index contributed by atoms with van der Waals surface area (Å²) < 4.78 is 26.9. The Hall–Kier alpha value is -1.60. The summed E-state index contributed by atoms with van der Waals surface area (Å²) in [5, 5.41) is 0.368. The standard InChI is InChI=1S/C11H9F2N3OS/c12-5-1-7(13)10-8(2-5)18-11(15-10)16-4-6(14)3-9(16)17/h1-2,6H,3-4,14H2. The Balaban J connectivity index is 2.09. The molecule has 2 aromatic rings. The highest BCUT2D eigenvalue weighted by Crippen LogP contribution is 2.32. The number of hydrogen-bond donors (Lipinski definition) is 1. The lowest BCUT2D eigenvalue weighted by molar-refractivity contribution is -0.117. The molecule has 0 saturated carbocycles. The number of amides is 1. The van der Waals surface area contributed by atoms with Crippen LogP contribution >= 0.6 is 11.3 Å². The van der Waals surface area contributed by atoms with Crippen molar-refractivity contribution in [2.75, 3.05) is 11.4 Å². The van der Waals surface area contributed by atoms with Gasteiger partial charge in [0, 0.05) is 25.1 Å². The summed E-state index contributed by atoms with van der Waals surface area (Å²) in [5.41, 5.74) is 5.77. The van der Waals surface area contributed by atoms with Crippen LogP contribution in [0.3, 0.4) is 0 Å². The van der Waals surface area contributed by atoms with Gasteiger partial charge in [-0.25, -0.2) is 13.8 Å². The number of rotatable bonds is 1. The number of carbonyl (C=O) groups excluding carboxylic acids is 1. The summed E-state index contributed by atoms with van der Waals surface area (Å²) in [7, 11) is 0. The Morgan fingerprint density at radius 3 is 2.89 bits per heavy atom. The van der Waals surface area contributed by atoms with Crippen LogP contribution < -0.4 is 10.6 Å². The van der Waals surface area contributed by atoms with E-state index in [2.05, 4.69) is 4.98 Å². The molecule has 7 heteroatoms. The Morgan fingerprint density at radius 2 is 2.22 bits per heavy atom. The summed E-state index contributed by atoms with van der Waals surface area (Å²) in [6.07, 6.45) is 0.257. The third-order valence-electron chi connectivity index (χ3n) is 2.79. The molecule has 1 fully saturated rings. The molecule has 2 heterocycles. The fourth-order valence-corrected chi connectivity index (χ4v) is 3.01. The average Bonchev–Trinajstić information content (AvgIpc) is 2.81. The first-order valence-corrected chi connectivity index (χ1v) is 6.18. The molecule has 1 aromatic carbocycles. The quantitative estimate of drug-likeness (QED) is 0.856. The number of nitrogens with zero attached hydrogens (tertiary/aromatic N) is 2. The number of halogens is 2. The number of carbonyl (C=O) groups is 1. The Bertz CT molecular complexity index is 642. The van der Waals surface area contributed by atoms with Gasteiger partial charge in [0.1, 0.15) is 11.3 Å². The smallest absolute Gasteiger partial charge is 0.230 e. The first-order valence-electron chi connectivity index (χ1n) is 5.36. The maximum absolute atomic E-state index is 13.5. The third-order valence-corrected chi connectivity index (χ3v) is 3.81. The Kier molecular flexibility index (Phi) is 2.53. The largest absolute Gasteiger partial charge is 0.326 e. The van der Waals surface area contributed by atoms with Crippen LogP contribution in [0.1, 0.15) is 6.42 Å². The zero-order valence-electron chi connectivity index (χ0n) is 9.19. The summed E-state index contributed by atoms with van der Waals surface area (Å²) in [6.45, 7) is 0.364. The van der Waals surface area contributed by atoms with Crippen molar-refractivity contribution in [1.82, 2.24) is 4.98 Å². The minimum Gasteiger partial charge on any atom is -0.326 e. The summed E-state index contributed by atoms with van der Waals surface area (Å²) in [6, 6.07) is 1.76. The van der Waals surface area contributed by atoms with Crippen LogP contribution in [0.25, 0.3) is 10.2 Å². The van der Waals surface area contributed by atoms with E-state index in [0.717, 1.165) is 17.4 Å². The molecule has 1 saturated heterocycles. The zero-order valence-corrected chi connectivity index (χ0v) is 10.0. The molecule has 1 unspecified atom stereocenters. The highest BCUT2D eigenvalue weighted by atomic mass is 32.1. The minimum absolute atomic E-state index is 0.0877. The van der Waals surface area contributed by atoms with Crippen LogP contribution in [0.2, 0.25) is 0 Å². The van der Waals surface area contributed by atoms with Gasteiger partial charge in [0.15, 0.2) is 10.9 Å². The molecule has 94 valence electrons. The average molecular weight is 269 g/mol. The third kappa shape index (κ3) is 1.75. The van der Waals surface area contributed by atoms with Crippen molar-refractivity contribution < 1.29 is 13.6 Å². The monoisotopic (exact) mass is 269 g/mol. The number of hydrogen-bond acceptors (Lipinski definition) is 4. The minimum atomic E-state index is -0.719. The lowest BCUT2D eigenvalue weighted by Crippen LogP contribution is -2.27. The number of thiazole rings is 1. The van der Waals surface area contributed by atoms with Gasteiger partial charge in [-0.1, -0.05) is 11.3 Å². The Labute approximate surface area is 105 Å². The van der Waals surface area contributed by atoms with Crippen molar-refractivity contribution in [3.63, 3.8) is 0 Å². The first-order chi connectivity index (χ1) is 8.54. The molecule has 4 nitrogen and oxygen atoms in total. The number of benzene rings is 1. The summed E-state index contributed by atoms with van der Waals surface area (Å²) in [5.74, 6) is -1.51. The number of fused-ring (bicyclic) bond motifs is 1. The van der Waals surface area contributed by atoms with E-state index >= 15 is 0 Å². The normalized spacial score (nSPS) is 20.1. The van der Waals surface area contributed by atoms with Gasteiger partial charge in [0.05, 0.1) is 4.70 Å². The second kappa shape index (κ2) is 3.96. The number of aromatic nitrogens is 1. The first kappa shape index (κ1) is 11.5. The molecular weight excluding hydrogens is 260 g/mol. The van der Waals surface area contributed by atoms with E-state index in [-0.39, 0.29) is 23.9 Å². The van der Waals surface area contributed by atoms with Gasteiger partial charge in [0.2, 0.25) is 5.91 Å². The van der Waals surface area contributed by atoms with Gasteiger partial charge in [-0.05, 0) is 6.07 Å². The van der Waals surface area contributed by atoms with E-state index in [1.165, 1.54) is 11.0 Å². The SMILES string of the molecule is NC1CC(=O)N(c2nc3c(F)cc(F)cc3s2)C1. The lowest BCUT2D eigenvalue weighted by atomic mass is 10.3. The topological polar surface area (TPSA) is 59.2 Å². The van der Waals surface area contributed by atoms with E-state index in [1.54, 1.807) is 0 Å². The fourth-order valence-electron chi connectivity index (χ4n) is 1.98. The molecule has 1 amide bonds. The van der Waals surface area contributed by atoms with Crippen LogP contribution in [0.4, 0.5) is 13.9 Å². The Morgan fingerprint density at radius 1 is 1.44 bits per heavy atom. The fraction of sp³-hybridized carbons (Fsp3) is 0.273. The highest BCUT2D eigenvalue weighted by Gasteiger charge is 2.30. The summed E-state index contributed by atoms with van der Waals surface area (Å²) >= 11 is 1.09. The van der Waals surface area contributed by atoms with E-state index in [0.29, 0.717) is 16.4 Å². The van der Waals surface area contributed by atoms with Crippen LogP contribution in [-0.2, 0) is 4.79 Å². The lowest BCUT2D eigenvalue weighted by Gasteiger charge is -2.10. The van der Waals surface area contributed by atoms with Crippen LogP contribution in [-0.4, -0.2) is 23.5 Å². The van der Waals surface area contributed by atoms with Crippen LogP contribution in [0.15, 0.2) is 12.1 Å². The van der Waals surface area contributed by atoms with Crippen molar-refractivity contribution in [2.45, 2.75) is 12.5 Å². The molecule has 0 spiro atoms. The molecule has 1 aliphatic heterocycles. The molecule has 1 aliphatic rings. The summed E-state index contributed by atoms with van der Waals surface area (Å²) in [4.78, 5) is 17.1. The van der Waals surface area contributed by atoms with E-state index in [1.807, 2.05) is 0 Å². The van der Waals surface area contributed by atoms with Crippen LogP contribution in [0.5, 0.6) is 0 Å². The van der Waals surface area contributed by atoms with Gasteiger partial charge in [-0.3, -0.25) is 9.69 Å². The maximum atomic E-state index is 13.5. The van der Waals surface area contributed by atoms with E-state index in [4.69, 9.17) is 5.73 Å². The molecule has 0 bridgehead atoms. The molecule has 18 heavy (non-hydrogen) atoms. The van der Waals surface area contributed by atoms with Crippen molar-refractivity contribution >= 4 is 32.6 Å². The molecule has 0 aliphatic carbocycles. The molecule has 1 aromatic heterocycles. The predicted octanol–water partition coefficient (Wildman–Crippen LogP) is 1.64. The van der Waals surface area contributed by atoms with E-state index < -0.39 is 11.6 Å².